The summed E-state index contributed by atoms with van der Waals surface area (Å²) in [6, 6.07) is 19.1. The van der Waals surface area contributed by atoms with Crippen LogP contribution in [0, 0.1) is 17.2 Å². The lowest BCUT2D eigenvalue weighted by Gasteiger charge is -2.12. The van der Waals surface area contributed by atoms with Gasteiger partial charge < -0.3 is 0 Å². The molecule has 0 aromatic heterocycles. The van der Waals surface area contributed by atoms with Crippen LogP contribution in [0.5, 0.6) is 0 Å². The summed E-state index contributed by atoms with van der Waals surface area (Å²) in [6.07, 6.45) is 9.69. The lowest BCUT2D eigenvalue weighted by molar-refractivity contribution is 0.466. The van der Waals surface area contributed by atoms with Crippen molar-refractivity contribution in [3.8, 4) is 17.2 Å². The summed E-state index contributed by atoms with van der Waals surface area (Å²) in [7, 11) is 0. The van der Waals surface area contributed by atoms with Crippen LogP contribution in [-0.2, 0) is 0 Å². The predicted octanol–water partition coefficient (Wildman–Crippen LogP) is 6.69. The van der Waals surface area contributed by atoms with Crippen LogP contribution in [0.15, 0.2) is 48.5 Å². The number of hydrogen-bond acceptors (Lipinski definition) is 1. The van der Waals surface area contributed by atoms with E-state index in [1.807, 2.05) is 24.3 Å². The maximum atomic E-state index is 8.90. The molecule has 1 fully saturated rings. The monoisotopic (exact) mass is 317 g/mol. The van der Waals surface area contributed by atoms with Gasteiger partial charge in [-0.3, -0.25) is 0 Å². The molecule has 1 saturated carbocycles. The minimum atomic E-state index is 0.718. The van der Waals surface area contributed by atoms with Crippen molar-refractivity contribution in [2.24, 2.45) is 5.92 Å². The van der Waals surface area contributed by atoms with Crippen LogP contribution in [0.3, 0.4) is 0 Å². The third-order valence-electron chi connectivity index (χ3n) is 5.49. The van der Waals surface area contributed by atoms with Crippen molar-refractivity contribution in [1.82, 2.24) is 0 Å². The highest BCUT2D eigenvalue weighted by atomic mass is 14.3. The molecular weight excluding hydrogens is 290 g/mol. The Hall–Kier alpha value is -2.07. The van der Waals surface area contributed by atoms with Crippen molar-refractivity contribution in [3.05, 3.63) is 59.7 Å². The van der Waals surface area contributed by atoms with E-state index in [4.69, 9.17) is 5.26 Å². The maximum Gasteiger partial charge on any atom is 0.0991 e. The third-order valence-corrected chi connectivity index (χ3v) is 5.49. The zero-order chi connectivity index (χ0) is 16.8. The molecule has 0 unspecified atom stereocenters. The van der Waals surface area contributed by atoms with Crippen molar-refractivity contribution in [1.29, 1.82) is 5.26 Å². The second-order valence-electron chi connectivity index (χ2n) is 7.18. The minimum absolute atomic E-state index is 0.718. The summed E-state index contributed by atoms with van der Waals surface area (Å²) in [4.78, 5) is 0. The van der Waals surface area contributed by atoms with Gasteiger partial charge in [-0.1, -0.05) is 69.0 Å². The fraction of sp³-hybridized carbons (Fsp3) is 0.435. The van der Waals surface area contributed by atoms with Gasteiger partial charge in [-0.15, -0.1) is 0 Å². The Bertz CT molecular complexity index is 675. The van der Waals surface area contributed by atoms with Crippen molar-refractivity contribution >= 4 is 0 Å². The fourth-order valence-electron chi connectivity index (χ4n) is 4.01. The molecule has 1 aliphatic rings. The van der Waals surface area contributed by atoms with Gasteiger partial charge in [0.1, 0.15) is 0 Å². The van der Waals surface area contributed by atoms with Crippen molar-refractivity contribution in [2.75, 3.05) is 0 Å². The van der Waals surface area contributed by atoms with E-state index >= 15 is 0 Å². The van der Waals surface area contributed by atoms with Crippen molar-refractivity contribution in [3.63, 3.8) is 0 Å². The van der Waals surface area contributed by atoms with Crippen LogP contribution in [0.1, 0.15) is 68.9 Å². The van der Waals surface area contributed by atoms with E-state index < -0.39 is 0 Å². The molecule has 24 heavy (non-hydrogen) atoms. The molecule has 1 nitrogen and oxygen atoms in total. The van der Waals surface area contributed by atoms with Crippen LogP contribution >= 0.6 is 0 Å². The smallest absolute Gasteiger partial charge is 0.0991 e. The first-order valence-electron chi connectivity index (χ1n) is 9.40. The predicted molar refractivity (Wildman–Crippen MR) is 101 cm³/mol. The molecule has 3 rings (SSSR count). The zero-order valence-corrected chi connectivity index (χ0v) is 14.7. The molecule has 124 valence electrons. The SMILES string of the molecule is CCCCC[C@H]1CC[C@@H](c2ccc(-c3ccc(C#N)cc3)cc2)C1. The van der Waals surface area contributed by atoms with Crippen molar-refractivity contribution in [2.45, 2.75) is 57.8 Å². The van der Waals surface area contributed by atoms with Gasteiger partial charge in [0.15, 0.2) is 0 Å². The molecule has 0 heterocycles. The standard InChI is InChI=1S/C23H27N/c1-2-3-4-5-18-6-11-23(16-18)22-14-12-21(13-15-22)20-9-7-19(17-24)8-10-20/h7-10,12-15,18,23H,2-6,11,16H2,1H3/t18-,23+/m0/s1. The van der Waals surface area contributed by atoms with Gasteiger partial charge in [-0.25, -0.2) is 0 Å². The van der Waals surface area contributed by atoms with Crippen LogP contribution in [0.2, 0.25) is 0 Å². The number of nitriles is 1. The summed E-state index contributed by atoms with van der Waals surface area (Å²) in [5, 5.41) is 8.90. The molecule has 0 saturated heterocycles. The fourth-order valence-corrected chi connectivity index (χ4v) is 4.01. The molecule has 0 spiro atoms. The van der Waals surface area contributed by atoms with E-state index in [1.54, 1.807) is 0 Å². The number of unbranched alkanes of at least 4 members (excludes halogenated alkanes) is 2. The highest BCUT2D eigenvalue weighted by Crippen LogP contribution is 2.40. The Kier molecular flexibility index (Phi) is 5.70. The normalized spacial score (nSPS) is 20.0. The molecular formula is C23H27N. The van der Waals surface area contributed by atoms with Crippen LogP contribution in [0.25, 0.3) is 11.1 Å². The Balaban J connectivity index is 1.61. The number of benzene rings is 2. The summed E-state index contributed by atoms with van der Waals surface area (Å²) in [5.74, 6) is 1.70. The summed E-state index contributed by atoms with van der Waals surface area (Å²) in [6.45, 7) is 2.28. The van der Waals surface area contributed by atoms with Gasteiger partial charge in [0.05, 0.1) is 11.6 Å². The Morgan fingerprint density at radius 1 is 0.917 bits per heavy atom. The molecule has 2 atom stereocenters. The number of nitrogens with zero attached hydrogens (tertiary/aromatic N) is 1. The van der Waals surface area contributed by atoms with E-state index in [0.29, 0.717) is 0 Å². The summed E-state index contributed by atoms with van der Waals surface area (Å²) >= 11 is 0. The molecule has 0 amide bonds. The first-order chi connectivity index (χ1) is 11.8. The average molecular weight is 317 g/mol. The second-order valence-corrected chi connectivity index (χ2v) is 7.18. The van der Waals surface area contributed by atoms with Gasteiger partial charge in [-0.05, 0) is 59.9 Å². The highest BCUT2D eigenvalue weighted by Gasteiger charge is 2.25. The molecule has 0 aliphatic heterocycles. The van der Waals surface area contributed by atoms with E-state index in [0.717, 1.165) is 17.4 Å². The van der Waals surface area contributed by atoms with Gasteiger partial charge >= 0.3 is 0 Å². The Morgan fingerprint density at radius 2 is 1.58 bits per heavy atom. The zero-order valence-electron chi connectivity index (χ0n) is 14.7. The summed E-state index contributed by atoms with van der Waals surface area (Å²) < 4.78 is 0. The lowest BCUT2D eigenvalue weighted by atomic mass is 9.93. The topological polar surface area (TPSA) is 23.8 Å². The average Bonchev–Trinajstić information content (AvgIpc) is 3.11. The first-order valence-corrected chi connectivity index (χ1v) is 9.40. The maximum absolute atomic E-state index is 8.90. The number of rotatable bonds is 6. The van der Waals surface area contributed by atoms with E-state index in [2.05, 4.69) is 37.3 Å². The molecule has 2 aromatic carbocycles. The molecule has 0 bridgehead atoms. The first kappa shape index (κ1) is 16.8. The van der Waals surface area contributed by atoms with Gasteiger partial charge in [0, 0.05) is 0 Å². The minimum Gasteiger partial charge on any atom is -0.192 e. The van der Waals surface area contributed by atoms with Gasteiger partial charge in [-0.2, -0.15) is 5.26 Å². The third kappa shape index (κ3) is 4.06. The Labute approximate surface area is 146 Å². The lowest BCUT2D eigenvalue weighted by Crippen LogP contribution is -1.96. The second kappa shape index (κ2) is 8.15. The highest BCUT2D eigenvalue weighted by molar-refractivity contribution is 5.64. The Morgan fingerprint density at radius 3 is 2.21 bits per heavy atom. The number of hydrogen-bond donors (Lipinski definition) is 0. The van der Waals surface area contributed by atoms with E-state index in [-0.39, 0.29) is 0 Å². The molecule has 0 N–H and O–H groups in total. The van der Waals surface area contributed by atoms with Gasteiger partial charge in [0.25, 0.3) is 0 Å². The van der Waals surface area contributed by atoms with Crippen LogP contribution < -0.4 is 0 Å². The molecule has 1 aliphatic carbocycles. The molecule has 1 heteroatoms. The van der Waals surface area contributed by atoms with E-state index in [1.165, 1.54) is 61.6 Å². The largest absolute Gasteiger partial charge is 0.192 e. The summed E-state index contributed by atoms with van der Waals surface area (Å²) in [5.41, 5.74) is 4.64. The van der Waals surface area contributed by atoms with E-state index in [9.17, 15) is 0 Å². The van der Waals surface area contributed by atoms with Crippen LogP contribution in [0.4, 0.5) is 0 Å². The molecule has 0 radical (unpaired) electrons. The quantitative estimate of drug-likeness (QED) is 0.544. The molecule has 2 aromatic rings. The van der Waals surface area contributed by atoms with Crippen molar-refractivity contribution < 1.29 is 0 Å². The van der Waals surface area contributed by atoms with Crippen LogP contribution in [-0.4, -0.2) is 0 Å². The van der Waals surface area contributed by atoms with Gasteiger partial charge in [0.2, 0.25) is 0 Å².